The van der Waals surface area contributed by atoms with Crippen LogP contribution in [0.5, 0.6) is 0 Å². The first-order valence-electron chi connectivity index (χ1n) is 6.04. The lowest BCUT2D eigenvalue weighted by Crippen LogP contribution is -2.29. The van der Waals surface area contributed by atoms with Crippen molar-refractivity contribution in [3.63, 3.8) is 0 Å². The SMILES string of the molecule is CN(Cc1ccc(C#N)o1)CC1CCCC1O. The molecule has 1 saturated carbocycles. The highest BCUT2D eigenvalue weighted by atomic mass is 16.3. The van der Waals surface area contributed by atoms with Crippen LogP contribution in [0.3, 0.4) is 0 Å². The molecule has 0 aliphatic heterocycles. The molecule has 0 aromatic carbocycles. The van der Waals surface area contributed by atoms with Gasteiger partial charge in [-0.05, 0) is 37.9 Å². The van der Waals surface area contributed by atoms with E-state index < -0.39 is 0 Å². The van der Waals surface area contributed by atoms with Gasteiger partial charge in [0.05, 0.1) is 12.6 Å². The Hall–Kier alpha value is -1.31. The molecule has 17 heavy (non-hydrogen) atoms. The van der Waals surface area contributed by atoms with Crippen molar-refractivity contribution in [1.29, 1.82) is 5.26 Å². The Balaban J connectivity index is 1.84. The molecular weight excluding hydrogens is 216 g/mol. The second-order valence-electron chi connectivity index (χ2n) is 4.83. The number of hydrogen-bond donors (Lipinski definition) is 1. The zero-order valence-electron chi connectivity index (χ0n) is 10.1. The summed E-state index contributed by atoms with van der Waals surface area (Å²) < 4.78 is 5.33. The molecule has 1 heterocycles. The Kier molecular flexibility index (Phi) is 3.82. The van der Waals surface area contributed by atoms with Crippen LogP contribution >= 0.6 is 0 Å². The summed E-state index contributed by atoms with van der Waals surface area (Å²) in [7, 11) is 2.01. The topological polar surface area (TPSA) is 60.4 Å². The number of aliphatic hydroxyl groups excluding tert-OH is 1. The fraction of sp³-hybridized carbons (Fsp3) is 0.615. The monoisotopic (exact) mass is 234 g/mol. The van der Waals surface area contributed by atoms with Crippen LogP contribution in [0.25, 0.3) is 0 Å². The number of nitrogens with zero attached hydrogens (tertiary/aromatic N) is 2. The van der Waals surface area contributed by atoms with E-state index in [2.05, 4.69) is 4.90 Å². The normalized spacial score (nSPS) is 24.1. The van der Waals surface area contributed by atoms with Crippen molar-refractivity contribution in [2.24, 2.45) is 5.92 Å². The lowest BCUT2D eigenvalue weighted by atomic mass is 10.1. The van der Waals surface area contributed by atoms with Crippen molar-refractivity contribution in [3.05, 3.63) is 23.7 Å². The van der Waals surface area contributed by atoms with Crippen molar-refractivity contribution >= 4 is 0 Å². The van der Waals surface area contributed by atoms with E-state index >= 15 is 0 Å². The van der Waals surface area contributed by atoms with Gasteiger partial charge in [0.2, 0.25) is 5.76 Å². The molecule has 1 aliphatic rings. The maximum atomic E-state index is 9.75. The third-order valence-electron chi connectivity index (χ3n) is 3.36. The number of nitriles is 1. The van der Waals surface area contributed by atoms with E-state index in [1.165, 1.54) is 0 Å². The first-order valence-corrected chi connectivity index (χ1v) is 6.04. The molecule has 1 aromatic heterocycles. The van der Waals surface area contributed by atoms with E-state index in [1.807, 2.05) is 19.2 Å². The molecule has 92 valence electrons. The van der Waals surface area contributed by atoms with Crippen molar-refractivity contribution in [1.82, 2.24) is 4.90 Å². The van der Waals surface area contributed by atoms with Gasteiger partial charge in [-0.3, -0.25) is 4.90 Å². The maximum Gasteiger partial charge on any atom is 0.203 e. The van der Waals surface area contributed by atoms with Crippen molar-refractivity contribution < 1.29 is 9.52 Å². The summed E-state index contributed by atoms with van der Waals surface area (Å²) in [5, 5.41) is 18.4. The molecule has 0 saturated heterocycles. The van der Waals surface area contributed by atoms with E-state index in [-0.39, 0.29) is 6.10 Å². The van der Waals surface area contributed by atoms with Crippen LogP contribution in [-0.4, -0.2) is 29.7 Å². The molecule has 0 spiro atoms. The van der Waals surface area contributed by atoms with E-state index in [4.69, 9.17) is 9.68 Å². The lowest BCUT2D eigenvalue weighted by molar-refractivity contribution is 0.106. The number of rotatable bonds is 4. The van der Waals surface area contributed by atoms with Crippen LogP contribution in [-0.2, 0) is 6.54 Å². The molecule has 0 radical (unpaired) electrons. The minimum atomic E-state index is -0.149. The van der Waals surface area contributed by atoms with E-state index in [0.717, 1.165) is 31.6 Å². The summed E-state index contributed by atoms with van der Waals surface area (Å²) in [6.07, 6.45) is 3.01. The quantitative estimate of drug-likeness (QED) is 0.862. The van der Waals surface area contributed by atoms with Crippen molar-refractivity contribution in [2.45, 2.75) is 31.9 Å². The molecule has 4 nitrogen and oxygen atoms in total. The van der Waals surface area contributed by atoms with Gasteiger partial charge in [0.25, 0.3) is 0 Å². The highest BCUT2D eigenvalue weighted by Gasteiger charge is 2.26. The summed E-state index contributed by atoms with van der Waals surface area (Å²) in [5.41, 5.74) is 0. The number of furan rings is 1. The molecule has 2 atom stereocenters. The van der Waals surface area contributed by atoms with Crippen LogP contribution in [0.2, 0.25) is 0 Å². The molecule has 4 heteroatoms. The summed E-state index contributed by atoms with van der Waals surface area (Å²) in [6, 6.07) is 5.50. The fourth-order valence-electron chi connectivity index (χ4n) is 2.48. The number of aliphatic hydroxyl groups is 1. The van der Waals surface area contributed by atoms with Crippen LogP contribution in [0.1, 0.15) is 30.8 Å². The van der Waals surface area contributed by atoms with Crippen LogP contribution in [0.4, 0.5) is 0 Å². The molecule has 1 N–H and O–H groups in total. The summed E-state index contributed by atoms with van der Waals surface area (Å²) in [4.78, 5) is 2.14. The maximum absolute atomic E-state index is 9.75. The lowest BCUT2D eigenvalue weighted by Gasteiger charge is -2.22. The minimum absolute atomic E-state index is 0.149. The minimum Gasteiger partial charge on any atom is -0.449 e. The molecule has 1 fully saturated rings. The van der Waals surface area contributed by atoms with Gasteiger partial charge >= 0.3 is 0 Å². The molecular formula is C13H18N2O2. The largest absolute Gasteiger partial charge is 0.449 e. The van der Waals surface area contributed by atoms with Gasteiger partial charge in [-0.2, -0.15) is 5.26 Å². The Morgan fingerprint density at radius 2 is 2.35 bits per heavy atom. The second-order valence-corrected chi connectivity index (χ2v) is 4.83. The van der Waals surface area contributed by atoms with Gasteiger partial charge in [0, 0.05) is 6.54 Å². The Bertz CT molecular complexity index is 408. The van der Waals surface area contributed by atoms with Crippen LogP contribution < -0.4 is 0 Å². The Labute approximate surface area is 101 Å². The smallest absolute Gasteiger partial charge is 0.203 e. The fourth-order valence-corrected chi connectivity index (χ4v) is 2.48. The van der Waals surface area contributed by atoms with Gasteiger partial charge in [-0.1, -0.05) is 6.42 Å². The molecule has 2 unspecified atom stereocenters. The second kappa shape index (κ2) is 5.35. The van der Waals surface area contributed by atoms with E-state index in [0.29, 0.717) is 18.2 Å². The van der Waals surface area contributed by atoms with Gasteiger partial charge in [-0.25, -0.2) is 0 Å². The summed E-state index contributed by atoms with van der Waals surface area (Å²) in [5.74, 6) is 1.54. The van der Waals surface area contributed by atoms with Gasteiger partial charge in [0.15, 0.2) is 0 Å². The standard InChI is InChI=1S/C13H18N2O2/c1-15(8-10-3-2-4-13(10)16)9-12-6-5-11(7-14)17-12/h5-6,10,13,16H,2-4,8-9H2,1H3. The van der Waals surface area contributed by atoms with Crippen molar-refractivity contribution in [2.75, 3.05) is 13.6 Å². The van der Waals surface area contributed by atoms with Gasteiger partial charge in [0.1, 0.15) is 11.8 Å². The van der Waals surface area contributed by atoms with E-state index in [1.54, 1.807) is 6.07 Å². The Morgan fingerprint density at radius 1 is 1.53 bits per heavy atom. The molecule has 0 amide bonds. The van der Waals surface area contributed by atoms with Crippen LogP contribution in [0, 0.1) is 17.2 Å². The summed E-state index contributed by atoms with van der Waals surface area (Å²) in [6.45, 7) is 1.56. The van der Waals surface area contributed by atoms with Crippen molar-refractivity contribution in [3.8, 4) is 6.07 Å². The predicted molar refractivity (Wildman–Crippen MR) is 63.1 cm³/mol. The van der Waals surface area contributed by atoms with Gasteiger partial charge < -0.3 is 9.52 Å². The highest BCUT2D eigenvalue weighted by molar-refractivity contribution is 5.18. The first kappa shape index (κ1) is 12.2. The summed E-state index contributed by atoms with van der Waals surface area (Å²) >= 11 is 0. The third kappa shape index (κ3) is 3.09. The zero-order valence-corrected chi connectivity index (χ0v) is 10.1. The van der Waals surface area contributed by atoms with Gasteiger partial charge in [-0.15, -0.1) is 0 Å². The molecule has 1 aromatic rings. The Morgan fingerprint density at radius 3 is 2.94 bits per heavy atom. The van der Waals surface area contributed by atoms with Crippen LogP contribution in [0.15, 0.2) is 16.5 Å². The van der Waals surface area contributed by atoms with E-state index in [9.17, 15) is 5.11 Å². The molecule has 0 bridgehead atoms. The average molecular weight is 234 g/mol. The zero-order chi connectivity index (χ0) is 12.3. The average Bonchev–Trinajstić information content (AvgIpc) is 2.89. The first-order chi connectivity index (χ1) is 8.19. The number of hydrogen-bond acceptors (Lipinski definition) is 4. The highest BCUT2D eigenvalue weighted by Crippen LogP contribution is 2.26. The molecule has 1 aliphatic carbocycles. The predicted octanol–water partition coefficient (Wildman–Crippen LogP) is 1.74. The molecule has 2 rings (SSSR count). The third-order valence-corrected chi connectivity index (χ3v) is 3.36.